The number of rotatable bonds is 5. The van der Waals surface area contributed by atoms with Crippen molar-refractivity contribution in [1.29, 1.82) is 0 Å². The number of hydrogen-bond acceptors (Lipinski definition) is 3. The molecule has 1 saturated heterocycles. The second kappa shape index (κ2) is 6.44. The van der Waals surface area contributed by atoms with Crippen molar-refractivity contribution in [3.63, 3.8) is 0 Å². The summed E-state index contributed by atoms with van der Waals surface area (Å²) in [4.78, 5) is 13.9. The van der Waals surface area contributed by atoms with E-state index in [9.17, 15) is 9.90 Å². The summed E-state index contributed by atoms with van der Waals surface area (Å²) in [5, 5.41) is 9.42. The Morgan fingerprint density at radius 3 is 2.70 bits per heavy atom. The lowest BCUT2D eigenvalue weighted by molar-refractivity contribution is -0.144. The Bertz CT molecular complexity index is 343. The van der Waals surface area contributed by atoms with Crippen molar-refractivity contribution in [2.75, 3.05) is 19.8 Å². The minimum absolute atomic E-state index is 0.0508. The molecule has 0 bridgehead atoms. The SMILES string of the molecule is CCCN(C1COCC1C(=O)O)C1CCCCC1(C)C. The zero-order valence-corrected chi connectivity index (χ0v) is 13.1. The topological polar surface area (TPSA) is 49.8 Å². The molecule has 1 aliphatic heterocycles. The van der Waals surface area contributed by atoms with Crippen molar-refractivity contribution in [2.24, 2.45) is 11.3 Å². The van der Waals surface area contributed by atoms with Crippen molar-refractivity contribution >= 4 is 5.97 Å². The normalized spacial score (nSPS) is 33.5. The minimum Gasteiger partial charge on any atom is -0.481 e. The second-order valence-corrected chi connectivity index (χ2v) is 7.04. The van der Waals surface area contributed by atoms with Gasteiger partial charge < -0.3 is 9.84 Å². The third-order valence-electron chi connectivity index (χ3n) is 5.13. The van der Waals surface area contributed by atoms with E-state index >= 15 is 0 Å². The molecular formula is C16H29NO3. The number of carboxylic acids is 1. The zero-order chi connectivity index (χ0) is 14.8. The van der Waals surface area contributed by atoms with E-state index in [2.05, 4.69) is 25.7 Å². The van der Waals surface area contributed by atoms with Crippen LogP contribution < -0.4 is 0 Å². The molecule has 3 atom stereocenters. The van der Waals surface area contributed by atoms with Gasteiger partial charge in [-0.05, 0) is 31.2 Å². The summed E-state index contributed by atoms with van der Waals surface area (Å²) in [5.74, 6) is -1.07. The van der Waals surface area contributed by atoms with E-state index in [-0.39, 0.29) is 17.4 Å². The van der Waals surface area contributed by atoms with Crippen LogP contribution >= 0.6 is 0 Å². The maximum absolute atomic E-state index is 11.5. The van der Waals surface area contributed by atoms with Gasteiger partial charge in [0.2, 0.25) is 0 Å². The molecule has 4 nitrogen and oxygen atoms in total. The second-order valence-electron chi connectivity index (χ2n) is 7.04. The standard InChI is InChI=1S/C16H29NO3/c1-4-9-17(13-11-20-10-12(13)15(18)19)14-7-5-6-8-16(14,2)3/h12-14H,4-11H2,1-3H3,(H,18,19). The summed E-state index contributed by atoms with van der Waals surface area (Å²) in [7, 11) is 0. The van der Waals surface area contributed by atoms with E-state index < -0.39 is 5.97 Å². The van der Waals surface area contributed by atoms with Crippen LogP contribution in [0.4, 0.5) is 0 Å². The Balaban J connectivity index is 2.19. The number of aliphatic carboxylic acids is 1. The first-order valence-electron chi connectivity index (χ1n) is 8.03. The highest BCUT2D eigenvalue weighted by molar-refractivity contribution is 5.71. The molecular weight excluding hydrogens is 254 g/mol. The fraction of sp³-hybridized carbons (Fsp3) is 0.938. The Labute approximate surface area is 122 Å². The molecule has 0 amide bonds. The van der Waals surface area contributed by atoms with Gasteiger partial charge in [-0.3, -0.25) is 9.69 Å². The zero-order valence-electron chi connectivity index (χ0n) is 13.1. The third-order valence-corrected chi connectivity index (χ3v) is 5.13. The molecule has 4 heteroatoms. The maximum atomic E-state index is 11.5. The smallest absolute Gasteiger partial charge is 0.310 e. The van der Waals surface area contributed by atoms with Crippen LogP contribution in [0.5, 0.6) is 0 Å². The molecule has 2 rings (SSSR count). The van der Waals surface area contributed by atoms with Gasteiger partial charge >= 0.3 is 5.97 Å². The molecule has 0 aromatic rings. The molecule has 0 aromatic heterocycles. The molecule has 20 heavy (non-hydrogen) atoms. The molecule has 0 aromatic carbocycles. The van der Waals surface area contributed by atoms with Gasteiger partial charge in [-0.2, -0.15) is 0 Å². The summed E-state index contributed by atoms with van der Waals surface area (Å²) < 4.78 is 5.49. The van der Waals surface area contributed by atoms with Gasteiger partial charge in [0.05, 0.1) is 19.1 Å². The van der Waals surface area contributed by atoms with Gasteiger partial charge in [-0.1, -0.05) is 33.6 Å². The van der Waals surface area contributed by atoms with Gasteiger partial charge in [0, 0.05) is 12.1 Å². The van der Waals surface area contributed by atoms with E-state index in [1.54, 1.807) is 0 Å². The van der Waals surface area contributed by atoms with E-state index in [4.69, 9.17) is 4.74 Å². The van der Waals surface area contributed by atoms with Crippen molar-refractivity contribution in [3.05, 3.63) is 0 Å². The monoisotopic (exact) mass is 283 g/mol. The van der Waals surface area contributed by atoms with Crippen LogP contribution in [-0.2, 0) is 9.53 Å². The van der Waals surface area contributed by atoms with Crippen LogP contribution in [0.25, 0.3) is 0 Å². The number of carbonyl (C=O) groups is 1. The van der Waals surface area contributed by atoms with Crippen molar-refractivity contribution in [3.8, 4) is 0 Å². The Morgan fingerprint density at radius 1 is 1.35 bits per heavy atom. The van der Waals surface area contributed by atoms with Gasteiger partial charge in [0.1, 0.15) is 0 Å². The fourth-order valence-electron chi connectivity index (χ4n) is 4.01. The van der Waals surface area contributed by atoms with Crippen LogP contribution in [-0.4, -0.2) is 47.8 Å². The van der Waals surface area contributed by atoms with E-state index in [0.29, 0.717) is 19.3 Å². The summed E-state index contributed by atoms with van der Waals surface area (Å²) in [6, 6.07) is 0.541. The van der Waals surface area contributed by atoms with Gasteiger partial charge in [-0.25, -0.2) is 0 Å². The van der Waals surface area contributed by atoms with E-state index in [1.807, 2.05) is 0 Å². The van der Waals surface area contributed by atoms with Crippen LogP contribution in [0, 0.1) is 11.3 Å². The van der Waals surface area contributed by atoms with Crippen LogP contribution in [0.15, 0.2) is 0 Å². The first kappa shape index (κ1) is 15.8. The molecule has 2 aliphatic rings. The van der Waals surface area contributed by atoms with Crippen molar-refractivity contribution in [1.82, 2.24) is 4.90 Å². The van der Waals surface area contributed by atoms with Gasteiger partial charge in [-0.15, -0.1) is 0 Å². The summed E-state index contributed by atoms with van der Waals surface area (Å²) in [6.07, 6.45) is 6.06. The molecule has 1 saturated carbocycles. The number of hydrogen-bond donors (Lipinski definition) is 1. The highest BCUT2D eigenvalue weighted by Crippen LogP contribution is 2.40. The van der Waals surface area contributed by atoms with Gasteiger partial charge in [0.15, 0.2) is 0 Å². The van der Waals surface area contributed by atoms with Crippen LogP contribution in [0.3, 0.4) is 0 Å². The molecule has 3 unspecified atom stereocenters. The minimum atomic E-state index is -0.706. The maximum Gasteiger partial charge on any atom is 0.310 e. The Morgan fingerprint density at radius 2 is 2.10 bits per heavy atom. The third kappa shape index (κ3) is 3.17. The summed E-state index contributed by atoms with van der Waals surface area (Å²) in [6.45, 7) is 8.77. The lowest BCUT2D eigenvalue weighted by Gasteiger charge is -2.48. The quantitative estimate of drug-likeness (QED) is 0.843. The highest BCUT2D eigenvalue weighted by atomic mass is 16.5. The molecule has 116 valence electrons. The molecule has 2 fully saturated rings. The first-order valence-corrected chi connectivity index (χ1v) is 8.03. The van der Waals surface area contributed by atoms with Crippen LogP contribution in [0.2, 0.25) is 0 Å². The van der Waals surface area contributed by atoms with E-state index in [0.717, 1.165) is 13.0 Å². The molecule has 0 spiro atoms. The number of nitrogens with zero attached hydrogens (tertiary/aromatic N) is 1. The molecule has 0 radical (unpaired) electrons. The largest absolute Gasteiger partial charge is 0.481 e. The Hall–Kier alpha value is -0.610. The van der Waals surface area contributed by atoms with Gasteiger partial charge in [0.25, 0.3) is 0 Å². The predicted molar refractivity (Wildman–Crippen MR) is 78.8 cm³/mol. The average molecular weight is 283 g/mol. The predicted octanol–water partition coefficient (Wildman–Crippen LogP) is 2.77. The van der Waals surface area contributed by atoms with Crippen LogP contribution in [0.1, 0.15) is 52.9 Å². The lowest BCUT2D eigenvalue weighted by atomic mass is 9.72. The highest BCUT2D eigenvalue weighted by Gasteiger charge is 2.44. The first-order chi connectivity index (χ1) is 9.47. The number of carboxylic acid groups (broad SMARTS) is 1. The molecule has 1 aliphatic carbocycles. The van der Waals surface area contributed by atoms with Crippen molar-refractivity contribution in [2.45, 2.75) is 65.0 Å². The molecule has 1 N–H and O–H groups in total. The average Bonchev–Trinajstić information content (AvgIpc) is 2.85. The summed E-state index contributed by atoms with van der Waals surface area (Å²) >= 11 is 0. The Kier molecular flexibility index (Phi) is 5.08. The molecule has 1 heterocycles. The van der Waals surface area contributed by atoms with Crippen molar-refractivity contribution < 1.29 is 14.6 Å². The van der Waals surface area contributed by atoms with E-state index in [1.165, 1.54) is 25.7 Å². The number of ether oxygens (including phenoxy) is 1. The lowest BCUT2D eigenvalue weighted by Crippen LogP contribution is -2.55. The summed E-state index contributed by atoms with van der Waals surface area (Å²) in [5.41, 5.74) is 0.277. The fourth-order valence-corrected chi connectivity index (χ4v) is 4.01.